The van der Waals surface area contributed by atoms with Crippen molar-refractivity contribution < 1.29 is 22.3 Å². The highest BCUT2D eigenvalue weighted by molar-refractivity contribution is 7.92. The highest BCUT2D eigenvalue weighted by atomic mass is 32.2. The van der Waals surface area contributed by atoms with Crippen LogP contribution in [0, 0.1) is 5.82 Å². The molecule has 0 aliphatic heterocycles. The van der Waals surface area contributed by atoms with Gasteiger partial charge in [0.25, 0.3) is 10.0 Å². The third-order valence-corrected chi connectivity index (χ3v) is 5.52. The van der Waals surface area contributed by atoms with E-state index in [1.807, 2.05) is 0 Å². The molecule has 1 fully saturated rings. The van der Waals surface area contributed by atoms with Gasteiger partial charge in [-0.15, -0.1) is 0 Å². The molecule has 1 aliphatic rings. The lowest BCUT2D eigenvalue weighted by Gasteiger charge is -2.14. The van der Waals surface area contributed by atoms with Gasteiger partial charge in [-0.3, -0.25) is 4.72 Å². The minimum absolute atomic E-state index is 0.00707. The molecular weight excluding hydrogens is 345 g/mol. The Hall–Kier alpha value is -2.28. The van der Waals surface area contributed by atoms with Crippen LogP contribution in [0.4, 0.5) is 10.1 Å². The van der Waals surface area contributed by atoms with Gasteiger partial charge in [0.05, 0.1) is 18.1 Å². The minimum atomic E-state index is -3.88. The Morgan fingerprint density at radius 2 is 1.76 bits per heavy atom. The van der Waals surface area contributed by atoms with Crippen molar-refractivity contribution in [2.75, 3.05) is 11.8 Å². The van der Waals surface area contributed by atoms with E-state index in [1.165, 1.54) is 32.1 Å². The van der Waals surface area contributed by atoms with Crippen molar-refractivity contribution in [1.29, 1.82) is 0 Å². The van der Waals surface area contributed by atoms with Gasteiger partial charge in [-0.05, 0) is 68.1 Å². The summed E-state index contributed by atoms with van der Waals surface area (Å²) in [7, 11) is -2.56. The first-order valence-corrected chi connectivity index (χ1v) is 9.59. The number of nitrogens with one attached hydrogen (secondary N) is 1. The second-order valence-corrected chi connectivity index (χ2v) is 7.63. The molecule has 1 aliphatic carbocycles. The molecule has 0 aromatic heterocycles. The fourth-order valence-corrected chi connectivity index (χ4v) is 3.90. The van der Waals surface area contributed by atoms with Crippen LogP contribution in [0.25, 0.3) is 0 Å². The molecule has 0 bridgehead atoms. The van der Waals surface area contributed by atoms with Crippen LogP contribution in [0.1, 0.15) is 25.7 Å². The first kappa shape index (κ1) is 17.5. The molecule has 0 saturated heterocycles. The molecule has 1 N–H and O–H groups in total. The molecule has 0 spiro atoms. The quantitative estimate of drug-likeness (QED) is 0.842. The van der Waals surface area contributed by atoms with Crippen molar-refractivity contribution in [2.45, 2.75) is 36.7 Å². The molecule has 134 valence electrons. The number of anilines is 1. The van der Waals surface area contributed by atoms with E-state index >= 15 is 0 Å². The minimum Gasteiger partial charge on any atom is -0.494 e. The van der Waals surface area contributed by atoms with E-state index in [4.69, 9.17) is 9.47 Å². The van der Waals surface area contributed by atoms with Gasteiger partial charge in [0.2, 0.25) is 0 Å². The lowest BCUT2D eigenvalue weighted by molar-refractivity contribution is 0.210. The van der Waals surface area contributed by atoms with Crippen molar-refractivity contribution in [2.24, 2.45) is 0 Å². The summed E-state index contributed by atoms with van der Waals surface area (Å²) in [6.45, 7) is 0. The normalized spacial score (nSPS) is 15.1. The van der Waals surface area contributed by atoms with Gasteiger partial charge in [0.15, 0.2) is 11.6 Å². The van der Waals surface area contributed by atoms with Crippen LogP contribution in [0.15, 0.2) is 47.4 Å². The van der Waals surface area contributed by atoms with Crippen molar-refractivity contribution >= 4 is 15.7 Å². The van der Waals surface area contributed by atoms with Gasteiger partial charge in [0.1, 0.15) is 5.75 Å². The zero-order chi connectivity index (χ0) is 17.9. The monoisotopic (exact) mass is 365 g/mol. The molecule has 1 saturated carbocycles. The summed E-state index contributed by atoms with van der Waals surface area (Å²) in [4.78, 5) is -0.169. The second kappa shape index (κ2) is 7.31. The first-order valence-electron chi connectivity index (χ1n) is 8.11. The zero-order valence-corrected chi connectivity index (χ0v) is 14.7. The molecule has 7 heteroatoms. The van der Waals surface area contributed by atoms with Gasteiger partial charge >= 0.3 is 0 Å². The molecule has 0 unspecified atom stereocenters. The average Bonchev–Trinajstić information content (AvgIpc) is 3.09. The first-order chi connectivity index (χ1) is 12.0. The maximum Gasteiger partial charge on any atom is 0.262 e. The number of benzene rings is 2. The summed E-state index contributed by atoms with van der Waals surface area (Å²) in [5.41, 5.74) is 0.384. The lowest BCUT2D eigenvalue weighted by atomic mass is 10.3. The van der Waals surface area contributed by atoms with E-state index in [0.29, 0.717) is 11.4 Å². The van der Waals surface area contributed by atoms with Gasteiger partial charge in [0, 0.05) is 5.69 Å². The fourth-order valence-electron chi connectivity index (χ4n) is 2.83. The number of hydrogen-bond donors (Lipinski definition) is 1. The highest BCUT2D eigenvalue weighted by Gasteiger charge is 2.18. The van der Waals surface area contributed by atoms with E-state index in [-0.39, 0.29) is 16.7 Å². The van der Waals surface area contributed by atoms with Crippen molar-refractivity contribution in [3.8, 4) is 11.5 Å². The van der Waals surface area contributed by atoms with Crippen LogP contribution >= 0.6 is 0 Å². The van der Waals surface area contributed by atoms with E-state index in [2.05, 4.69) is 4.72 Å². The van der Waals surface area contributed by atoms with Gasteiger partial charge in [-0.1, -0.05) is 0 Å². The van der Waals surface area contributed by atoms with Crippen LogP contribution < -0.4 is 14.2 Å². The van der Waals surface area contributed by atoms with Crippen molar-refractivity contribution in [3.05, 3.63) is 48.3 Å². The molecule has 0 radical (unpaired) electrons. The topological polar surface area (TPSA) is 64.6 Å². The molecule has 2 aromatic rings. The van der Waals surface area contributed by atoms with E-state index in [0.717, 1.165) is 18.9 Å². The van der Waals surface area contributed by atoms with Crippen LogP contribution in [0.3, 0.4) is 0 Å². The van der Waals surface area contributed by atoms with Crippen LogP contribution in [-0.2, 0) is 10.0 Å². The van der Waals surface area contributed by atoms with Gasteiger partial charge in [-0.2, -0.15) is 0 Å². The Kier molecular flexibility index (Phi) is 5.13. The Morgan fingerprint density at radius 1 is 1.08 bits per heavy atom. The standard InChI is InChI=1S/C18H20FNO4S/c1-23-18-11-10-16(12-17(18)19)25(21,22)20-13-6-8-15(9-7-13)24-14-4-2-3-5-14/h6-12,14,20H,2-5H2,1H3. The van der Waals surface area contributed by atoms with Crippen LogP contribution in [0.5, 0.6) is 11.5 Å². The number of hydrogen-bond acceptors (Lipinski definition) is 4. The number of halogens is 1. The summed E-state index contributed by atoms with van der Waals surface area (Å²) in [6.07, 6.45) is 4.71. The highest BCUT2D eigenvalue weighted by Crippen LogP contribution is 2.26. The molecule has 25 heavy (non-hydrogen) atoms. The molecular formula is C18H20FNO4S. The number of sulfonamides is 1. The molecule has 5 nitrogen and oxygen atoms in total. The largest absolute Gasteiger partial charge is 0.494 e. The van der Waals surface area contributed by atoms with Crippen LogP contribution in [-0.4, -0.2) is 21.6 Å². The number of ether oxygens (including phenoxy) is 2. The van der Waals surface area contributed by atoms with Crippen molar-refractivity contribution in [1.82, 2.24) is 0 Å². The third kappa shape index (κ3) is 4.22. The molecule has 0 heterocycles. The van der Waals surface area contributed by atoms with E-state index < -0.39 is 15.8 Å². The summed E-state index contributed by atoms with van der Waals surface area (Å²) < 4.78 is 51.5. The van der Waals surface area contributed by atoms with Crippen LogP contribution in [0.2, 0.25) is 0 Å². The summed E-state index contributed by atoms with van der Waals surface area (Å²) in [5, 5.41) is 0. The van der Waals surface area contributed by atoms with Gasteiger partial charge < -0.3 is 9.47 Å². The fraction of sp³-hybridized carbons (Fsp3) is 0.333. The second-order valence-electron chi connectivity index (χ2n) is 5.95. The summed E-state index contributed by atoms with van der Waals surface area (Å²) >= 11 is 0. The summed E-state index contributed by atoms with van der Waals surface area (Å²) in [6, 6.07) is 10.2. The Morgan fingerprint density at radius 3 is 2.36 bits per heavy atom. The van der Waals surface area contributed by atoms with E-state index in [1.54, 1.807) is 24.3 Å². The molecule has 0 atom stereocenters. The molecule has 0 amide bonds. The number of rotatable bonds is 6. The SMILES string of the molecule is COc1ccc(S(=O)(=O)Nc2ccc(OC3CCCC3)cc2)cc1F. The molecule has 2 aromatic carbocycles. The average molecular weight is 365 g/mol. The Balaban J connectivity index is 1.71. The Bertz CT molecular complexity index is 831. The number of methoxy groups -OCH3 is 1. The van der Waals surface area contributed by atoms with E-state index in [9.17, 15) is 12.8 Å². The lowest BCUT2D eigenvalue weighted by Crippen LogP contribution is -2.13. The smallest absolute Gasteiger partial charge is 0.262 e. The zero-order valence-electron chi connectivity index (χ0n) is 13.9. The van der Waals surface area contributed by atoms with Gasteiger partial charge in [-0.25, -0.2) is 12.8 Å². The maximum absolute atomic E-state index is 13.7. The third-order valence-electron chi connectivity index (χ3n) is 4.15. The Labute approximate surface area is 146 Å². The predicted molar refractivity (Wildman–Crippen MR) is 93.1 cm³/mol. The summed E-state index contributed by atoms with van der Waals surface area (Å²) in [5.74, 6) is -0.0246. The maximum atomic E-state index is 13.7. The van der Waals surface area contributed by atoms with Crippen molar-refractivity contribution in [3.63, 3.8) is 0 Å². The predicted octanol–water partition coefficient (Wildman–Crippen LogP) is 3.96. The molecule has 3 rings (SSSR count).